The minimum absolute atomic E-state index is 0.285. The summed E-state index contributed by atoms with van der Waals surface area (Å²) in [7, 11) is 0. The van der Waals surface area contributed by atoms with Gasteiger partial charge in [0.15, 0.2) is 5.82 Å². The second kappa shape index (κ2) is 7.78. The van der Waals surface area contributed by atoms with E-state index in [-0.39, 0.29) is 6.04 Å². The van der Waals surface area contributed by atoms with Gasteiger partial charge in [-0.1, -0.05) is 25.1 Å². The summed E-state index contributed by atoms with van der Waals surface area (Å²) in [6.45, 7) is 8.59. The molecule has 1 aromatic heterocycles. The molecule has 0 fully saturated rings. The van der Waals surface area contributed by atoms with Crippen LogP contribution in [0.4, 0.5) is 0 Å². The smallest absolute Gasteiger partial charge is 0.165 e. The quantitative estimate of drug-likeness (QED) is 0.759. The number of benzene rings is 1. The van der Waals surface area contributed by atoms with Gasteiger partial charge in [0, 0.05) is 18.2 Å². The summed E-state index contributed by atoms with van der Waals surface area (Å²) in [5.74, 6) is 1.75. The highest BCUT2D eigenvalue weighted by Crippen LogP contribution is 2.19. The lowest BCUT2D eigenvalue weighted by atomic mass is 10.2. The lowest BCUT2D eigenvalue weighted by Gasteiger charge is -2.13. The molecule has 0 saturated carbocycles. The van der Waals surface area contributed by atoms with Crippen LogP contribution in [0.3, 0.4) is 0 Å². The molecule has 1 aromatic carbocycles. The zero-order valence-corrected chi connectivity index (χ0v) is 13.0. The van der Waals surface area contributed by atoms with Crippen molar-refractivity contribution in [1.29, 1.82) is 0 Å². The van der Waals surface area contributed by atoms with Crippen LogP contribution < -0.4 is 10.1 Å². The highest BCUT2D eigenvalue weighted by atomic mass is 16.5. The van der Waals surface area contributed by atoms with Crippen molar-refractivity contribution in [3.63, 3.8) is 0 Å². The number of hydrogen-bond acceptors (Lipinski definition) is 4. The van der Waals surface area contributed by atoms with E-state index in [1.165, 1.54) is 5.56 Å². The Kier molecular flexibility index (Phi) is 5.75. The molecule has 0 spiro atoms. The van der Waals surface area contributed by atoms with Crippen LogP contribution in [0.5, 0.6) is 5.75 Å². The molecule has 0 amide bonds. The normalized spacial score (nSPS) is 11.0. The summed E-state index contributed by atoms with van der Waals surface area (Å²) >= 11 is 0. The Morgan fingerprint density at radius 3 is 2.86 bits per heavy atom. The van der Waals surface area contributed by atoms with Gasteiger partial charge < -0.3 is 10.1 Å². The molecule has 0 bridgehead atoms. The highest BCUT2D eigenvalue weighted by Gasteiger charge is 2.09. The van der Waals surface area contributed by atoms with E-state index >= 15 is 0 Å². The fraction of sp³-hybridized carbons (Fsp3) is 0.500. The van der Waals surface area contributed by atoms with Crippen LogP contribution >= 0.6 is 0 Å². The van der Waals surface area contributed by atoms with E-state index in [4.69, 9.17) is 4.74 Å². The van der Waals surface area contributed by atoms with Gasteiger partial charge in [0.25, 0.3) is 0 Å². The van der Waals surface area contributed by atoms with Crippen molar-refractivity contribution >= 4 is 0 Å². The molecule has 2 aromatic rings. The van der Waals surface area contributed by atoms with Crippen molar-refractivity contribution in [3.8, 4) is 5.75 Å². The van der Waals surface area contributed by atoms with E-state index in [1.807, 2.05) is 22.9 Å². The van der Waals surface area contributed by atoms with E-state index in [0.29, 0.717) is 6.61 Å². The Morgan fingerprint density at radius 2 is 2.10 bits per heavy atom. The van der Waals surface area contributed by atoms with E-state index in [2.05, 4.69) is 42.2 Å². The van der Waals surface area contributed by atoms with Gasteiger partial charge in [-0.2, -0.15) is 5.10 Å². The number of ether oxygens (including phenoxy) is 1. The van der Waals surface area contributed by atoms with E-state index in [0.717, 1.165) is 31.1 Å². The Morgan fingerprint density at radius 1 is 1.29 bits per heavy atom. The molecule has 0 unspecified atom stereocenters. The molecule has 0 aliphatic rings. The van der Waals surface area contributed by atoms with Crippen molar-refractivity contribution < 1.29 is 4.74 Å². The molecule has 0 radical (unpaired) electrons. The molecule has 1 N–H and O–H groups in total. The Hall–Kier alpha value is -1.88. The predicted octanol–water partition coefficient (Wildman–Crippen LogP) is 2.94. The van der Waals surface area contributed by atoms with E-state index < -0.39 is 0 Å². The van der Waals surface area contributed by atoms with Crippen molar-refractivity contribution in [2.75, 3.05) is 6.54 Å². The molecule has 1 heterocycles. The van der Waals surface area contributed by atoms with E-state index in [1.54, 1.807) is 6.33 Å². The van der Waals surface area contributed by atoms with Crippen LogP contribution in [0.15, 0.2) is 30.6 Å². The van der Waals surface area contributed by atoms with Crippen molar-refractivity contribution in [3.05, 3.63) is 42.0 Å². The fourth-order valence-electron chi connectivity index (χ4n) is 2.14. The van der Waals surface area contributed by atoms with Crippen LogP contribution in [0, 0.1) is 0 Å². The molecule has 114 valence electrons. The maximum atomic E-state index is 5.94. The SMILES string of the molecule is CCCNCc1ccccc1OCc1ncnn1C(C)C. The zero-order chi connectivity index (χ0) is 15.1. The second-order valence-electron chi connectivity index (χ2n) is 5.29. The minimum Gasteiger partial charge on any atom is -0.485 e. The van der Waals surface area contributed by atoms with Gasteiger partial charge in [-0.05, 0) is 32.9 Å². The first-order valence-corrected chi connectivity index (χ1v) is 7.52. The molecular weight excluding hydrogens is 264 g/mol. The van der Waals surface area contributed by atoms with Crippen molar-refractivity contribution in [2.24, 2.45) is 0 Å². The van der Waals surface area contributed by atoms with Crippen molar-refractivity contribution in [1.82, 2.24) is 20.1 Å². The topological polar surface area (TPSA) is 52.0 Å². The monoisotopic (exact) mass is 288 g/mol. The highest BCUT2D eigenvalue weighted by molar-refractivity contribution is 5.33. The first kappa shape index (κ1) is 15.5. The third kappa shape index (κ3) is 4.29. The maximum absolute atomic E-state index is 5.94. The van der Waals surface area contributed by atoms with Crippen LogP contribution in [-0.4, -0.2) is 21.3 Å². The number of para-hydroxylation sites is 1. The average molecular weight is 288 g/mol. The molecule has 5 heteroatoms. The van der Waals surface area contributed by atoms with Gasteiger partial charge >= 0.3 is 0 Å². The summed E-state index contributed by atoms with van der Waals surface area (Å²) in [6, 6.07) is 8.40. The summed E-state index contributed by atoms with van der Waals surface area (Å²) < 4.78 is 7.83. The third-order valence-electron chi connectivity index (χ3n) is 3.21. The van der Waals surface area contributed by atoms with Crippen LogP contribution in [0.25, 0.3) is 0 Å². The molecule has 21 heavy (non-hydrogen) atoms. The second-order valence-corrected chi connectivity index (χ2v) is 5.29. The number of aromatic nitrogens is 3. The Balaban J connectivity index is 2.01. The Labute approximate surface area is 126 Å². The van der Waals surface area contributed by atoms with Gasteiger partial charge in [0.2, 0.25) is 0 Å². The number of nitrogens with one attached hydrogen (secondary N) is 1. The van der Waals surface area contributed by atoms with Crippen LogP contribution in [0.1, 0.15) is 44.6 Å². The van der Waals surface area contributed by atoms with Gasteiger partial charge in [-0.25, -0.2) is 9.67 Å². The first-order valence-electron chi connectivity index (χ1n) is 7.52. The molecular formula is C16H24N4O. The molecule has 0 saturated heterocycles. The van der Waals surface area contributed by atoms with Gasteiger partial charge in [-0.15, -0.1) is 0 Å². The van der Waals surface area contributed by atoms with Crippen LogP contribution in [-0.2, 0) is 13.2 Å². The summed E-state index contributed by atoms with van der Waals surface area (Å²) in [6.07, 6.45) is 2.70. The summed E-state index contributed by atoms with van der Waals surface area (Å²) in [5, 5.41) is 7.63. The lowest BCUT2D eigenvalue weighted by Crippen LogP contribution is -2.15. The number of hydrogen-bond donors (Lipinski definition) is 1. The van der Waals surface area contributed by atoms with Gasteiger partial charge in [-0.3, -0.25) is 0 Å². The largest absolute Gasteiger partial charge is 0.485 e. The number of rotatable bonds is 8. The van der Waals surface area contributed by atoms with Crippen molar-refractivity contribution in [2.45, 2.75) is 46.4 Å². The maximum Gasteiger partial charge on any atom is 0.165 e. The molecule has 0 aliphatic carbocycles. The molecule has 0 aliphatic heterocycles. The van der Waals surface area contributed by atoms with Gasteiger partial charge in [0.1, 0.15) is 18.7 Å². The molecule has 5 nitrogen and oxygen atoms in total. The summed E-state index contributed by atoms with van der Waals surface area (Å²) in [4.78, 5) is 4.27. The Bertz CT molecular complexity index is 551. The molecule has 2 rings (SSSR count). The predicted molar refractivity (Wildman–Crippen MR) is 83.2 cm³/mol. The first-order chi connectivity index (χ1) is 10.2. The standard InChI is InChI=1S/C16H24N4O/c1-4-9-17-10-14-7-5-6-8-15(14)21-11-16-18-12-19-20(16)13(2)3/h5-8,12-13,17H,4,9-11H2,1-3H3. The van der Waals surface area contributed by atoms with E-state index in [9.17, 15) is 0 Å². The third-order valence-corrected chi connectivity index (χ3v) is 3.21. The zero-order valence-electron chi connectivity index (χ0n) is 13.0. The average Bonchev–Trinajstić information content (AvgIpc) is 2.95. The number of nitrogens with zero attached hydrogens (tertiary/aromatic N) is 3. The minimum atomic E-state index is 0.285. The molecule has 0 atom stereocenters. The van der Waals surface area contributed by atoms with Gasteiger partial charge in [0.05, 0.1) is 0 Å². The van der Waals surface area contributed by atoms with Crippen LogP contribution in [0.2, 0.25) is 0 Å². The lowest BCUT2D eigenvalue weighted by molar-refractivity contribution is 0.279. The fourth-order valence-corrected chi connectivity index (χ4v) is 2.14. The summed E-state index contributed by atoms with van der Waals surface area (Å²) in [5.41, 5.74) is 1.17.